The molecule has 0 radical (unpaired) electrons. The second-order valence-corrected chi connectivity index (χ2v) is 8.54. The van der Waals surface area contributed by atoms with Crippen molar-refractivity contribution >= 4 is 5.78 Å². The summed E-state index contributed by atoms with van der Waals surface area (Å²) in [6, 6.07) is 0. The summed E-state index contributed by atoms with van der Waals surface area (Å²) in [4.78, 5) is 11.8. The summed E-state index contributed by atoms with van der Waals surface area (Å²) in [7, 11) is 0. The van der Waals surface area contributed by atoms with Crippen molar-refractivity contribution in [3.8, 4) is 0 Å². The number of Topliss-reactive ketones (excluding diaryl/α,β-unsaturated/α-hetero) is 1. The van der Waals surface area contributed by atoms with Gasteiger partial charge >= 0.3 is 0 Å². The monoisotopic (exact) mass is 370 g/mol. The molecule has 0 aliphatic rings. The average molecular weight is 371 g/mol. The maximum absolute atomic E-state index is 11.8. The second kappa shape index (κ2) is 18.0. The molecule has 0 rings (SSSR count). The third-order valence-electron chi connectivity index (χ3n) is 4.70. The molecule has 3 heteroatoms. The van der Waals surface area contributed by atoms with Crippen LogP contribution in [-0.2, 0) is 14.3 Å². The minimum atomic E-state index is -0.191. The Kier molecular flexibility index (Phi) is 17.7. The Labute approximate surface area is 163 Å². The van der Waals surface area contributed by atoms with Crippen molar-refractivity contribution in [2.24, 2.45) is 5.41 Å². The standard InChI is InChI=1S/C23H46O3/c1-5-18-25-19-14-11-9-7-6-8-10-12-15-20-26-21-16-13-17-22(24)23(2,3)4/h5-21H2,1-4H3. The van der Waals surface area contributed by atoms with E-state index in [1.165, 1.54) is 57.8 Å². The minimum Gasteiger partial charge on any atom is -0.381 e. The minimum absolute atomic E-state index is 0.191. The highest BCUT2D eigenvalue weighted by Gasteiger charge is 2.19. The molecule has 0 aliphatic heterocycles. The summed E-state index contributed by atoms with van der Waals surface area (Å²) in [5.74, 6) is 0.363. The van der Waals surface area contributed by atoms with E-state index < -0.39 is 0 Å². The molecule has 0 N–H and O–H groups in total. The zero-order valence-corrected chi connectivity index (χ0v) is 18.2. The van der Waals surface area contributed by atoms with Gasteiger partial charge in [0.1, 0.15) is 5.78 Å². The lowest BCUT2D eigenvalue weighted by molar-refractivity contribution is -0.126. The first-order valence-electron chi connectivity index (χ1n) is 11.2. The van der Waals surface area contributed by atoms with Gasteiger partial charge in [-0.2, -0.15) is 0 Å². The Morgan fingerprint density at radius 1 is 0.615 bits per heavy atom. The largest absolute Gasteiger partial charge is 0.381 e. The highest BCUT2D eigenvalue weighted by Crippen LogP contribution is 2.18. The number of rotatable bonds is 19. The molecule has 0 atom stereocenters. The Morgan fingerprint density at radius 3 is 1.42 bits per heavy atom. The molecule has 0 unspecified atom stereocenters. The van der Waals surface area contributed by atoms with Gasteiger partial charge < -0.3 is 9.47 Å². The van der Waals surface area contributed by atoms with Crippen LogP contribution in [0.5, 0.6) is 0 Å². The van der Waals surface area contributed by atoms with Crippen LogP contribution >= 0.6 is 0 Å². The van der Waals surface area contributed by atoms with Crippen LogP contribution in [0.2, 0.25) is 0 Å². The molecule has 156 valence electrons. The first-order valence-corrected chi connectivity index (χ1v) is 11.2. The van der Waals surface area contributed by atoms with Gasteiger partial charge in [-0.25, -0.2) is 0 Å². The maximum Gasteiger partial charge on any atom is 0.138 e. The van der Waals surface area contributed by atoms with Crippen LogP contribution in [-0.4, -0.2) is 32.2 Å². The summed E-state index contributed by atoms with van der Waals surface area (Å²) < 4.78 is 11.2. The molecule has 0 aliphatic carbocycles. The lowest BCUT2D eigenvalue weighted by Crippen LogP contribution is -2.19. The van der Waals surface area contributed by atoms with Crippen molar-refractivity contribution in [3.63, 3.8) is 0 Å². The number of unbranched alkanes of at least 4 members (excludes halogenated alkanes) is 9. The summed E-state index contributed by atoms with van der Waals surface area (Å²) in [5.41, 5.74) is -0.191. The fourth-order valence-electron chi connectivity index (χ4n) is 2.86. The van der Waals surface area contributed by atoms with Crippen molar-refractivity contribution in [2.75, 3.05) is 26.4 Å². The van der Waals surface area contributed by atoms with E-state index in [1.54, 1.807) is 0 Å². The molecule has 26 heavy (non-hydrogen) atoms. The fourth-order valence-corrected chi connectivity index (χ4v) is 2.86. The lowest BCUT2D eigenvalue weighted by atomic mass is 9.88. The highest BCUT2D eigenvalue weighted by atomic mass is 16.5. The van der Waals surface area contributed by atoms with Gasteiger partial charge in [0.05, 0.1) is 0 Å². The maximum atomic E-state index is 11.8. The van der Waals surface area contributed by atoms with Gasteiger partial charge in [-0.3, -0.25) is 4.79 Å². The number of carbonyl (C=O) groups excluding carboxylic acids is 1. The molecule has 0 saturated carbocycles. The van der Waals surface area contributed by atoms with Gasteiger partial charge in [-0.05, 0) is 32.1 Å². The topological polar surface area (TPSA) is 35.5 Å². The summed E-state index contributed by atoms with van der Waals surface area (Å²) in [5, 5.41) is 0. The molecule has 0 spiro atoms. The first kappa shape index (κ1) is 25.6. The number of hydrogen-bond acceptors (Lipinski definition) is 3. The van der Waals surface area contributed by atoms with E-state index >= 15 is 0 Å². The molecule has 0 aromatic carbocycles. The quantitative estimate of drug-likeness (QED) is 0.237. The van der Waals surface area contributed by atoms with E-state index in [-0.39, 0.29) is 5.41 Å². The van der Waals surface area contributed by atoms with E-state index in [1.807, 2.05) is 20.8 Å². The summed E-state index contributed by atoms with van der Waals surface area (Å²) in [6.45, 7) is 11.7. The smallest absolute Gasteiger partial charge is 0.138 e. The summed E-state index contributed by atoms with van der Waals surface area (Å²) >= 11 is 0. The zero-order valence-electron chi connectivity index (χ0n) is 18.2. The van der Waals surface area contributed by atoms with Crippen LogP contribution in [0, 0.1) is 5.41 Å². The van der Waals surface area contributed by atoms with Crippen molar-refractivity contribution in [1.29, 1.82) is 0 Å². The lowest BCUT2D eigenvalue weighted by Gasteiger charge is -2.16. The number of hydrogen-bond donors (Lipinski definition) is 0. The SMILES string of the molecule is CCCOCCCCCCCCCCCOCCCCC(=O)C(C)(C)C. The Morgan fingerprint density at radius 2 is 1.00 bits per heavy atom. The third kappa shape index (κ3) is 18.4. The van der Waals surface area contributed by atoms with E-state index in [9.17, 15) is 4.79 Å². The van der Waals surface area contributed by atoms with E-state index in [0.717, 1.165) is 45.7 Å². The van der Waals surface area contributed by atoms with Crippen molar-refractivity contribution in [3.05, 3.63) is 0 Å². The van der Waals surface area contributed by atoms with Gasteiger partial charge in [0, 0.05) is 38.3 Å². The van der Waals surface area contributed by atoms with Crippen LogP contribution in [0.15, 0.2) is 0 Å². The van der Waals surface area contributed by atoms with Gasteiger partial charge in [-0.15, -0.1) is 0 Å². The first-order chi connectivity index (χ1) is 12.5. The number of ether oxygens (including phenoxy) is 2. The van der Waals surface area contributed by atoms with Gasteiger partial charge in [0.15, 0.2) is 0 Å². The molecule has 0 heterocycles. The normalized spacial score (nSPS) is 11.8. The van der Waals surface area contributed by atoms with Gasteiger partial charge in [0.2, 0.25) is 0 Å². The van der Waals surface area contributed by atoms with Crippen LogP contribution in [0.1, 0.15) is 111 Å². The summed E-state index contributed by atoms with van der Waals surface area (Å²) in [6.07, 6.45) is 15.6. The Balaban J connectivity index is 3.10. The average Bonchev–Trinajstić information content (AvgIpc) is 2.59. The number of carbonyl (C=O) groups is 1. The van der Waals surface area contributed by atoms with Crippen LogP contribution in [0.3, 0.4) is 0 Å². The molecule has 0 saturated heterocycles. The fraction of sp³-hybridized carbons (Fsp3) is 0.957. The van der Waals surface area contributed by atoms with E-state index in [4.69, 9.17) is 9.47 Å². The third-order valence-corrected chi connectivity index (χ3v) is 4.70. The predicted molar refractivity (Wildman–Crippen MR) is 112 cm³/mol. The molecule has 0 aromatic rings. The molecular formula is C23H46O3. The molecule has 0 fully saturated rings. The van der Waals surface area contributed by atoms with Crippen molar-refractivity contribution < 1.29 is 14.3 Å². The highest BCUT2D eigenvalue weighted by molar-refractivity contribution is 5.83. The zero-order chi connectivity index (χ0) is 19.5. The molecule has 3 nitrogen and oxygen atoms in total. The molecule has 0 aromatic heterocycles. The number of ketones is 1. The second-order valence-electron chi connectivity index (χ2n) is 8.54. The Hall–Kier alpha value is -0.410. The Bertz CT molecular complexity index is 307. The molecular weight excluding hydrogens is 324 g/mol. The van der Waals surface area contributed by atoms with Crippen LogP contribution < -0.4 is 0 Å². The van der Waals surface area contributed by atoms with E-state index in [2.05, 4.69) is 6.92 Å². The van der Waals surface area contributed by atoms with E-state index in [0.29, 0.717) is 12.2 Å². The molecule has 0 amide bonds. The van der Waals surface area contributed by atoms with Gasteiger partial charge in [-0.1, -0.05) is 72.6 Å². The van der Waals surface area contributed by atoms with Crippen LogP contribution in [0.25, 0.3) is 0 Å². The van der Waals surface area contributed by atoms with Gasteiger partial charge in [0.25, 0.3) is 0 Å². The predicted octanol–water partition coefficient (Wildman–Crippen LogP) is 6.73. The van der Waals surface area contributed by atoms with Crippen molar-refractivity contribution in [2.45, 2.75) is 111 Å². The van der Waals surface area contributed by atoms with Crippen LogP contribution in [0.4, 0.5) is 0 Å². The van der Waals surface area contributed by atoms with Crippen molar-refractivity contribution in [1.82, 2.24) is 0 Å². The molecule has 0 bridgehead atoms.